The van der Waals surface area contributed by atoms with Crippen molar-refractivity contribution in [2.75, 3.05) is 12.3 Å². The summed E-state index contributed by atoms with van der Waals surface area (Å²) in [6, 6.07) is 9.09. The number of hydrogen-bond donors (Lipinski definition) is 2. The van der Waals surface area contributed by atoms with Gasteiger partial charge in [0.25, 0.3) is 0 Å². The quantitative estimate of drug-likeness (QED) is 0.618. The third-order valence-corrected chi connectivity index (χ3v) is 4.37. The molecule has 0 heterocycles. The minimum Gasteiger partial charge on any atom is -0.399 e. The second kappa shape index (κ2) is 7.54. The molecule has 1 aliphatic carbocycles. The Balaban J connectivity index is 1.71. The molecular formula is C17H28N2. The maximum Gasteiger partial charge on any atom is 0.0314 e. The van der Waals surface area contributed by atoms with E-state index in [0.29, 0.717) is 5.92 Å². The van der Waals surface area contributed by atoms with Gasteiger partial charge in [0.05, 0.1) is 0 Å². The summed E-state index contributed by atoms with van der Waals surface area (Å²) < 4.78 is 0. The Hall–Kier alpha value is -1.02. The lowest BCUT2D eigenvalue weighted by Gasteiger charge is -2.18. The lowest BCUT2D eigenvalue weighted by atomic mass is 9.97. The maximum absolute atomic E-state index is 5.73. The zero-order valence-electron chi connectivity index (χ0n) is 12.2. The van der Waals surface area contributed by atoms with Gasteiger partial charge in [0.2, 0.25) is 0 Å². The smallest absolute Gasteiger partial charge is 0.0314 e. The van der Waals surface area contributed by atoms with E-state index in [1.165, 1.54) is 50.5 Å². The molecule has 19 heavy (non-hydrogen) atoms. The second-order valence-electron chi connectivity index (χ2n) is 6.00. The highest BCUT2D eigenvalue weighted by molar-refractivity contribution is 5.40. The van der Waals surface area contributed by atoms with Crippen molar-refractivity contribution in [2.45, 2.75) is 63.8 Å². The number of rotatable bonds is 5. The van der Waals surface area contributed by atoms with Crippen LogP contribution in [0.5, 0.6) is 0 Å². The first-order chi connectivity index (χ1) is 9.25. The van der Waals surface area contributed by atoms with Crippen molar-refractivity contribution in [3.63, 3.8) is 0 Å². The minimum atomic E-state index is 0.610. The molecule has 0 bridgehead atoms. The highest BCUT2D eigenvalue weighted by Gasteiger charge is 2.12. The van der Waals surface area contributed by atoms with Crippen LogP contribution in [0.3, 0.4) is 0 Å². The number of nitrogen functional groups attached to an aromatic ring is 1. The highest BCUT2D eigenvalue weighted by atomic mass is 14.9. The lowest BCUT2D eigenvalue weighted by Crippen LogP contribution is -2.29. The molecule has 0 spiro atoms. The van der Waals surface area contributed by atoms with Gasteiger partial charge in [-0.2, -0.15) is 0 Å². The third-order valence-electron chi connectivity index (χ3n) is 4.37. The average Bonchev–Trinajstić information content (AvgIpc) is 2.68. The van der Waals surface area contributed by atoms with Crippen LogP contribution >= 0.6 is 0 Å². The van der Waals surface area contributed by atoms with E-state index in [2.05, 4.69) is 24.4 Å². The van der Waals surface area contributed by atoms with Crippen molar-refractivity contribution in [1.29, 1.82) is 0 Å². The van der Waals surface area contributed by atoms with Crippen LogP contribution in [0.1, 0.15) is 63.4 Å². The van der Waals surface area contributed by atoms with E-state index >= 15 is 0 Å². The third kappa shape index (κ3) is 4.87. The van der Waals surface area contributed by atoms with Crippen molar-refractivity contribution in [1.82, 2.24) is 5.32 Å². The Morgan fingerprint density at radius 1 is 1.11 bits per heavy atom. The van der Waals surface area contributed by atoms with Gasteiger partial charge in [-0.1, -0.05) is 44.7 Å². The molecule has 0 aliphatic heterocycles. The normalized spacial score (nSPS) is 19.0. The first kappa shape index (κ1) is 14.4. The van der Waals surface area contributed by atoms with Gasteiger partial charge in [-0.25, -0.2) is 0 Å². The summed E-state index contributed by atoms with van der Waals surface area (Å²) in [5, 5.41) is 3.75. The van der Waals surface area contributed by atoms with Crippen LogP contribution in [-0.2, 0) is 0 Å². The van der Waals surface area contributed by atoms with Crippen LogP contribution in [0, 0.1) is 0 Å². The van der Waals surface area contributed by atoms with E-state index in [1.807, 2.05) is 12.1 Å². The molecule has 1 aromatic rings. The van der Waals surface area contributed by atoms with Gasteiger partial charge in [0.15, 0.2) is 0 Å². The predicted octanol–water partition coefficient (Wildman–Crippen LogP) is 4.07. The molecule has 1 atom stereocenters. The Bertz CT molecular complexity index is 350. The summed E-state index contributed by atoms with van der Waals surface area (Å²) in [4.78, 5) is 0. The standard InChI is InChI=1S/C17H28N2/c1-14(15-8-10-16(18)11-9-15)12-13-19-17-6-4-2-3-5-7-17/h8-11,14,17,19H,2-7,12-13,18H2,1H3. The molecular weight excluding hydrogens is 232 g/mol. The zero-order chi connectivity index (χ0) is 13.5. The molecule has 1 aromatic carbocycles. The van der Waals surface area contributed by atoms with Gasteiger partial charge in [0, 0.05) is 11.7 Å². The van der Waals surface area contributed by atoms with Crippen molar-refractivity contribution < 1.29 is 0 Å². The molecule has 0 radical (unpaired) electrons. The van der Waals surface area contributed by atoms with Gasteiger partial charge >= 0.3 is 0 Å². The van der Waals surface area contributed by atoms with Crippen LogP contribution in [-0.4, -0.2) is 12.6 Å². The number of hydrogen-bond acceptors (Lipinski definition) is 2. The van der Waals surface area contributed by atoms with Gasteiger partial charge in [-0.3, -0.25) is 0 Å². The number of benzene rings is 1. The molecule has 2 nitrogen and oxygen atoms in total. The molecule has 2 heteroatoms. The monoisotopic (exact) mass is 260 g/mol. The summed E-state index contributed by atoms with van der Waals surface area (Å²) in [6.45, 7) is 3.44. The fourth-order valence-electron chi connectivity index (χ4n) is 2.98. The van der Waals surface area contributed by atoms with Gasteiger partial charge in [0.1, 0.15) is 0 Å². The van der Waals surface area contributed by atoms with Crippen LogP contribution in [0.4, 0.5) is 5.69 Å². The molecule has 0 amide bonds. The zero-order valence-corrected chi connectivity index (χ0v) is 12.2. The maximum atomic E-state index is 5.73. The average molecular weight is 260 g/mol. The molecule has 1 aliphatic rings. The first-order valence-electron chi connectivity index (χ1n) is 7.84. The summed E-state index contributed by atoms with van der Waals surface area (Å²) in [7, 11) is 0. The van der Waals surface area contributed by atoms with Crippen molar-refractivity contribution >= 4 is 5.69 Å². The molecule has 1 fully saturated rings. The van der Waals surface area contributed by atoms with Crippen LogP contribution in [0.25, 0.3) is 0 Å². The van der Waals surface area contributed by atoms with Crippen LogP contribution < -0.4 is 11.1 Å². The molecule has 0 aromatic heterocycles. The van der Waals surface area contributed by atoms with Crippen molar-refractivity contribution in [2.24, 2.45) is 0 Å². The molecule has 1 unspecified atom stereocenters. The Morgan fingerprint density at radius 3 is 2.37 bits per heavy atom. The van der Waals surface area contributed by atoms with E-state index < -0.39 is 0 Å². The summed E-state index contributed by atoms with van der Waals surface area (Å²) in [6.07, 6.45) is 9.63. The van der Waals surface area contributed by atoms with Crippen LogP contribution in [0.15, 0.2) is 24.3 Å². The fourth-order valence-corrected chi connectivity index (χ4v) is 2.98. The van der Waals surface area contributed by atoms with Gasteiger partial charge in [-0.05, 0) is 49.4 Å². The van der Waals surface area contributed by atoms with E-state index in [4.69, 9.17) is 5.73 Å². The highest BCUT2D eigenvalue weighted by Crippen LogP contribution is 2.21. The Morgan fingerprint density at radius 2 is 1.74 bits per heavy atom. The summed E-state index contributed by atoms with van der Waals surface area (Å²) >= 11 is 0. The summed E-state index contributed by atoms with van der Waals surface area (Å²) in [5.74, 6) is 0.610. The molecule has 3 N–H and O–H groups in total. The largest absolute Gasteiger partial charge is 0.399 e. The SMILES string of the molecule is CC(CCNC1CCCCCC1)c1ccc(N)cc1. The number of nitrogens with one attached hydrogen (secondary N) is 1. The Kier molecular flexibility index (Phi) is 5.71. The number of nitrogens with two attached hydrogens (primary N) is 1. The van der Waals surface area contributed by atoms with E-state index in [-0.39, 0.29) is 0 Å². The molecule has 0 saturated heterocycles. The fraction of sp³-hybridized carbons (Fsp3) is 0.647. The molecule has 1 saturated carbocycles. The van der Waals surface area contributed by atoms with Crippen molar-refractivity contribution in [3.8, 4) is 0 Å². The van der Waals surface area contributed by atoms with Crippen LogP contribution in [0.2, 0.25) is 0 Å². The van der Waals surface area contributed by atoms with Crippen molar-refractivity contribution in [3.05, 3.63) is 29.8 Å². The molecule has 2 rings (SSSR count). The van der Waals surface area contributed by atoms with E-state index in [0.717, 1.165) is 18.3 Å². The topological polar surface area (TPSA) is 38.0 Å². The lowest BCUT2D eigenvalue weighted by molar-refractivity contribution is 0.446. The summed E-state index contributed by atoms with van der Waals surface area (Å²) in [5.41, 5.74) is 7.98. The van der Waals surface area contributed by atoms with E-state index in [9.17, 15) is 0 Å². The van der Waals surface area contributed by atoms with Gasteiger partial charge in [-0.15, -0.1) is 0 Å². The molecule has 106 valence electrons. The van der Waals surface area contributed by atoms with Gasteiger partial charge < -0.3 is 11.1 Å². The predicted molar refractivity (Wildman–Crippen MR) is 83.4 cm³/mol. The van der Waals surface area contributed by atoms with E-state index in [1.54, 1.807) is 0 Å². The minimum absolute atomic E-state index is 0.610. The Labute approximate surface area is 117 Å². The second-order valence-corrected chi connectivity index (χ2v) is 6.00. The first-order valence-corrected chi connectivity index (χ1v) is 7.84. The number of anilines is 1.